The van der Waals surface area contributed by atoms with Gasteiger partial charge in [-0.25, -0.2) is 4.39 Å². The quantitative estimate of drug-likeness (QED) is 0.904. The molecule has 0 fully saturated rings. The Morgan fingerprint density at radius 2 is 2.05 bits per heavy atom. The van der Waals surface area contributed by atoms with Crippen LogP contribution in [0.1, 0.15) is 11.1 Å². The third-order valence-electron chi connectivity index (χ3n) is 2.73. The topological polar surface area (TPSA) is 29.1 Å². The van der Waals surface area contributed by atoms with Crippen molar-refractivity contribution in [3.63, 3.8) is 0 Å². The lowest BCUT2D eigenvalue weighted by Gasteiger charge is -2.09. The minimum Gasteiger partial charge on any atom is -0.326 e. The van der Waals surface area contributed by atoms with Crippen LogP contribution in [0.15, 0.2) is 42.5 Å². The van der Waals surface area contributed by atoms with Crippen molar-refractivity contribution in [2.24, 2.45) is 0 Å². The summed E-state index contributed by atoms with van der Waals surface area (Å²) in [6.07, 6.45) is 0.129. The van der Waals surface area contributed by atoms with Crippen LogP contribution in [0.3, 0.4) is 0 Å². The summed E-state index contributed by atoms with van der Waals surface area (Å²) in [6, 6.07) is 11.3. The van der Waals surface area contributed by atoms with Crippen molar-refractivity contribution in [1.82, 2.24) is 0 Å². The van der Waals surface area contributed by atoms with Crippen molar-refractivity contribution in [2.75, 3.05) is 5.32 Å². The Bertz CT molecular complexity index is 613. The van der Waals surface area contributed by atoms with Crippen LogP contribution >= 0.6 is 11.6 Å². The van der Waals surface area contributed by atoms with Crippen molar-refractivity contribution in [3.05, 3.63) is 64.4 Å². The average molecular weight is 278 g/mol. The molecule has 0 saturated heterocycles. The summed E-state index contributed by atoms with van der Waals surface area (Å²) in [4.78, 5) is 11.9. The molecule has 0 bridgehead atoms. The minimum atomic E-state index is -0.343. The second-order valence-corrected chi connectivity index (χ2v) is 4.75. The second kappa shape index (κ2) is 5.85. The number of halogens is 2. The first-order valence-electron chi connectivity index (χ1n) is 5.85. The van der Waals surface area contributed by atoms with Crippen molar-refractivity contribution < 1.29 is 9.18 Å². The van der Waals surface area contributed by atoms with Gasteiger partial charge < -0.3 is 5.32 Å². The largest absolute Gasteiger partial charge is 0.326 e. The van der Waals surface area contributed by atoms with E-state index in [0.717, 1.165) is 5.56 Å². The first-order valence-corrected chi connectivity index (χ1v) is 6.23. The number of benzene rings is 2. The summed E-state index contributed by atoms with van der Waals surface area (Å²) >= 11 is 5.88. The Morgan fingerprint density at radius 1 is 1.26 bits per heavy atom. The predicted molar refractivity (Wildman–Crippen MR) is 74.9 cm³/mol. The van der Waals surface area contributed by atoms with Gasteiger partial charge in [0.1, 0.15) is 5.82 Å². The molecule has 1 N–H and O–H groups in total. The van der Waals surface area contributed by atoms with E-state index in [1.807, 2.05) is 13.0 Å². The lowest BCUT2D eigenvalue weighted by molar-refractivity contribution is -0.115. The van der Waals surface area contributed by atoms with Gasteiger partial charge in [-0.2, -0.15) is 0 Å². The summed E-state index contributed by atoms with van der Waals surface area (Å²) in [5, 5.41) is 3.33. The highest BCUT2D eigenvalue weighted by molar-refractivity contribution is 6.31. The van der Waals surface area contributed by atoms with Crippen molar-refractivity contribution in [3.8, 4) is 0 Å². The minimum absolute atomic E-state index is 0.129. The number of nitrogens with one attached hydrogen (secondary N) is 1. The number of amides is 1. The van der Waals surface area contributed by atoms with E-state index in [1.165, 1.54) is 12.1 Å². The number of hydrogen-bond donors (Lipinski definition) is 1. The number of carbonyl (C=O) groups is 1. The van der Waals surface area contributed by atoms with Gasteiger partial charge in [0.2, 0.25) is 5.91 Å². The number of anilines is 1. The number of hydrogen-bond acceptors (Lipinski definition) is 1. The maximum absolute atomic E-state index is 13.0. The predicted octanol–water partition coefficient (Wildman–Crippen LogP) is 3.97. The molecule has 0 aromatic heterocycles. The molecule has 0 unspecified atom stereocenters. The maximum atomic E-state index is 13.0. The molecule has 1 amide bonds. The molecule has 2 aromatic rings. The molecular formula is C15H13ClFNO. The Kier molecular flexibility index (Phi) is 4.17. The van der Waals surface area contributed by atoms with Crippen LogP contribution in [0.2, 0.25) is 5.02 Å². The zero-order valence-corrected chi connectivity index (χ0v) is 11.2. The zero-order chi connectivity index (χ0) is 13.8. The molecule has 2 nitrogen and oxygen atoms in total. The molecular weight excluding hydrogens is 265 g/mol. The molecule has 0 aliphatic carbocycles. The van der Waals surface area contributed by atoms with Gasteiger partial charge in [0, 0.05) is 10.7 Å². The fraction of sp³-hybridized carbons (Fsp3) is 0.133. The van der Waals surface area contributed by atoms with Crippen molar-refractivity contribution in [2.45, 2.75) is 13.3 Å². The van der Waals surface area contributed by atoms with Crippen molar-refractivity contribution in [1.29, 1.82) is 0 Å². The highest BCUT2D eigenvalue weighted by Gasteiger charge is 2.07. The normalized spacial score (nSPS) is 10.3. The molecule has 0 radical (unpaired) electrons. The Labute approximate surface area is 116 Å². The molecule has 4 heteroatoms. The maximum Gasteiger partial charge on any atom is 0.228 e. The first-order chi connectivity index (χ1) is 9.04. The molecule has 19 heavy (non-hydrogen) atoms. The molecule has 0 saturated carbocycles. The lowest BCUT2D eigenvalue weighted by Crippen LogP contribution is -2.15. The third-order valence-corrected chi connectivity index (χ3v) is 2.96. The van der Waals surface area contributed by atoms with E-state index in [4.69, 9.17) is 11.6 Å². The van der Waals surface area contributed by atoms with Gasteiger partial charge in [-0.3, -0.25) is 4.79 Å². The monoisotopic (exact) mass is 277 g/mol. The average Bonchev–Trinajstić information content (AvgIpc) is 2.34. The van der Waals surface area contributed by atoms with Gasteiger partial charge >= 0.3 is 0 Å². The van der Waals surface area contributed by atoms with Crippen molar-refractivity contribution >= 4 is 23.2 Å². The fourth-order valence-electron chi connectivity index (χ4n) is 1.76. The van der Waals surface area contributed by atoms with E-state index in [9.17, 15) is 9.18 Å². The van der Waals surface area contributed by atoms with Gasteiger partial charge in [0.25, 0.3) is 0 Å². The van der Waals surface area contributed by atoms with E-state index in [1.54, 1.807) is 24.3 Å². The summed E-state index contributed by atoms with van der Waals surface area (Å²) in [6.45, 7) is 1.88. The summed E-state index contributed by atoms with van der Waals surface area (Å²) in [5.74, 6) is -0.541. The van der Waals surface area contributed by atoms with Crippen LogP contribution in [0, 0.1) is 12.7 Å². The lowest BCUT2D eigenvalue weighted by atomic mass is 10.1. The van der Waals surface area contributed by atoms with Crippen LogP contribution in [0.5, 0.6) is 0 Å². The van der Waals surface area contributed by atoms with E-state index in [-0.39, 0.29) is 18.1 Å². The standard InChI is InChI=1S/C15H13ClFNO/c1-10-5-6-12(16)9-14(10)18-15(19)8-11-3-2-4-13(17)7-11/h2-7,9H,8H2,1H3,(H,18,19). The van der Waals surface area contributed by atoms with Crippen LogP contribution in [0.25, 0.3) is 0 Å². The van der Waals surface area contributed by atoms with Gasteiger partial charge in [-0.15, -0.1) is 0 Å². The van der Waals surface area contributed by atoms with Crippen LogP contribution in [0.4, 0.5) is 10.1 Å². The van der Waals surface area contributed by atoms with Crippen LogP contribution in [-0.4, -0.2) is 5.91 Å². The summed E-state index contributed by atoms with van der Waals surface area (Å²) < 4.78 is 13.0. The Morgan fingerprint density at radius 3 is 2.79 bits per heavy atom. The van der Waals surface area contributed by atoms with Crippen LogP contribution < -0.4 is 5.32 Å². The van der Waals surface area contributed by atoms with E-state index >= 15 is 0 Å². The second-order valence-electron chi connectivity index (χ2n) is 4.31. The Balaban J connectivity index is 2.07. The number of carbonyl (C=O) groups excluding carboxylic acids is 1. The van der Waals surface area contributed by atoms with Gasteiger partial charge in [-0.05, 0) is 42.3 Å². The number of aryl methyl sites for hydroxylation is 1. The molecule has 0 spiro atoms. The molecule has 98 valence electrons. The molecule has 0 heterocycles. The molecule has 2 rings (SSSR count). The SMILES string of the molecule is Cc1ccc(Cl)cc1NC(=O)Cc1cccc(F)c1. The van der Waals surface area contributed by atoms with E-state index in [2.05, 4.69) is 5.32 Å². The highest BCUT2D eigenvalue weighted by Crippen LogP contribution is 2.20. The van der Waals surface area contributed by atoms with E-state index < -0.39 is 0 Å². The zero-order valence-electron chi connectivity index (χ0n) is 10.4. The molecule has 0 atom stereocenters. The third kappa shape index (κ3) is 3.80. The van der Waals surface area contributed by atoms with E-state index in [0.29, 0.717) is 16.3 Å². The molecule has 2 aromatic carbocycles. The summed E-state index contributed by atoms with van der Waals surface area (Å²) in [7, 11) is 0. The summed E-state index contributed by atoms with van der Waals surface area (Å²) in [5.41, 5.74) is 2.24. The van der Waals surface area contributed by atoms with Gasteiger partial charge in [-0.1, -0.05) is 29.8 Å². The highest BCUT2D eigenvalue weighted by atomic mass is 35.5. The number of rotatable bonds is 3. The Hall–Kier alpha value is -1.87. The fourth-order valence-corrected chi connectivity index (χ4v) is 1.93. The molecule has 0 aliphatic heterocycles. The first kappa shape index (κ1) is 13.6. The van der Waals surface area contributed by atoms with Crippen LogP contribution in [-0.2, 0) is 11.2 Å². The molecule has 0 aliphatic rings. The van der Waals surface area contributed by atoms with Gasteiger partial charge in [0.15, 0.2) is 0 Å². The van der Waals surface area contributed by atoms with Gasteiger partial charge in [0.05, 0.1) is 6.42 Å². The smallest absolute Gasteiger partial charge is 0.228 e.